The molecule has 2 nitrogen and oxygen atoms in total. The van der Waals surface area contributed by atoms with Crippen LogP contribution in [-0.4, -0.2) is 30.1 Å². The molecule has 0 amide bonds. The number of anilines is 2. The van der Waals surface area contributed by atoms with Gasteiger partial charge in [-0.3, -0.25) is 4.90 Å². The Balaban J connectivity index is 1.83. The summed E-state index contributed by atoms with van der Waals surface area (Å²) in [6.07, 6.45) is 1.27. The highest BCUT2D eigenvalue weighted by molar-refractivity contribution is 5.73. The summed E-state index contributed by atoms with van der Waals surface area (Å²) < 4.78 is 0. The SMILES string of the molecule is CCN1CC[C@H]2c3ccccc3N(c3ccccc3)[C@@H]2C1C. The van der Waals surface area contributed by atoms with Crippen molar-refractivity contribution in [2.24, 2.45) is 0 Å². The highest BCUT2D eigenvalue weighted by Crippen LogP contribution is 2.50. The van der Waals surface area contributed by atoms with Gasteiger partial charge in [0.25, 0.3) is 0 Å². The number of likely N-dealkylation sites (tertiary alicyclic amines) is 1. The largest absolute Gasteiger partial charge is 0.336 e. The molecule has 0 bridgehead atoms. The van der Waals surface area contributed by atoms with Crippen LogP contribution in [0.1, 0.15) is 31.7 Å². The predicted molar refractivity (Wildman–Crippen MR) is 92.9 cm³/mol. The van der Waals surface area contributed by atoms with E-state index in [0.29, 0.717) is 18.0 Å². The molecule has 3 atom stereocenters. The molecule has 1 fully saturated rings. The molecular weight excluding hydrogens is 268 g/mol. The van der Waals surface area contributed by atoms with Gasteiger partial charge in [0.1, 0.15) is 0 Å². The van der Waals surface area contributed by atoms with Crippen molar-refractivity contribution in [2.75, 3.05) is 18.0 Å². The van der Waals surface area contributed by atoms with Crippen LogP contribution in [0.2, 0.25) is 0 Å². The first-order valence-corrected chi connectivity index (χ1v) is 8.48. The Bertz CT molecular complexity index is 652. The lowest BCUT2D eigenvalue weighted by atomic mass is 9.84. The number of nitrogens with zero attached hydrogens (tertiary/aromatic N) is 2. The van der Waals surface area contributed by atoms with Gasteiger partial charge in [0.15, 0.2) is 0 Å². The molecule has 22 heavy (non-hydrogen) atoms. The molecule has 4 rings (SSSR count). The maximum atomic E-state index is 2.63. The molecular formula is C20H24N2. The Morgan fingerprint density at radius 2 is 1.73 bits per heavy atom. The molecule has 2 aromatic carbocycles. The van der Waals surface area contributed by atoms with Crippen molar-refractivity contribution >= 4 is 11.4 Å². The van der Waals surface area contributed by atoms with Crippen molar-refractivity contribution < 1.29 is 0 Å². The first-order chi connectivity index (χ1) is 10.8. The van der Waals surface area contributed by atoms with E-state index in [9.17, 15) is 0 Å². The molecule has 0 radical (unpaired) electrons. The van der Waals surface area contributed by atoms with Crippen molar-refractivity contribution in [2.45, 2.75) is 38.3 Å². The Labute approximate surface area is 133 Å². The van der Waals surface area contributed by atoms with Crippen molar-refractivity contribution in [1.82, 2.24) is 4.90 Å². The van der Waals surface area contributed by atoms with E-state index >= 15 is 0 Å². The van der Waals surface area contributed by atoms with Crippen LogP contribution >= 0.6 is 0 Å². The fourth-order valence-corrected chi connectivity index (χ4v) is 4.49. The van der Waals surface area contributed by atoms with E-state index in [0.717, 1.165) is 6.54 Å². The Morgan fingerprint density at radius 1 is 1.00 bits per heavy atom. The quantitative estimate of drug-likeness (QED) is 0.809. The number of para-hydroxylation sites is 2. The maximum Gasteiger partial charge on any atom is 0.0564 e. The van der Waals surface area contributed by atoms with Crippen LogP contribution in [0.25, 0.3) is 0 Å². The molecule has 2 aliphatic heterocycles. The average Bonchev–Trinajstić information content (AvgIpc) is 2.91. The third-order valence-electron chi connectivity index (χ3n) is 5.54. The normalized spacial score (nSPS) is 27.5. The second-order valence-electron chi connectivity index (χ2n) is 6.52. The first kappa shape index (κ1) is 13.8. The minimum Gasteiger partial charge on any atom is -0.336 e. The smallest absolute Gasteiger partial charge is 0.0564 e. The maximum absolute atomic E-state index is 2.63. The standard InChI is InChI=1S/C20H24N2/c1-3-21-14-13-18-17-11-7-8-12-19(17)22(20(18)15(21)2)16-9-5-4-6-10-16/h4-12,15,18,20H,3,13-14H2,1-2H3/t15?,18-,20+/m0/s1. The number of piperidine rings is 1. The van der Waals surface area contributed by atoms with Crippen molar-refractivity contribution in [3.63, 3.8) is 0 Å². The molecule has 2 heterocycles. The monoisotopic (exact) mass is 292 g/mol. The average molecular weight is 292 g/mol. The molecule has 0 aliphatic carbocycles. The third kappa shape index (κ3) is 1.98. The van der Waals surface area contributed by atoms with Crippen molar-refractivity contribution in [3.05, 3.63) is 60.2 Å². The second-order valence-corrected chi connectivity index (χ2v) is 6.52. The third-order valence-corrected chi connectivity index (χ3v) is 5.54. The van der Waals surface area contributed by atoms with E-state index in [4.69, 9.17) is 0 Å². The van der Waals surface area contributed by atoms with E-state index in [1.807, 2.05) is 0 Å². The van der Waals surface area contributed by atoms with Gasteiger partial charge in [-0.05, 0) is 50.2 Å². The van der Waals surface area contributed by atoms with Crippen LogP contribution in [0.3, 0.4) is 0 Å². The van der Waals surface area contributed by atoms with Crippen LogP contribution in [-0.2, 0) is 0 Å². The van der Waals surface area contributed by atoms with Gasteiger partial charge in [-0.2, -0.15) is 0 Å². The van der Waals surface area contributed by atoms with E-state index in [1.165, 1.54) is 24.3 Å². The zero-order chi connectivity index (χ0) is 15.1. The van der Waals surface area contributed by atoms with E-state index in [2.05, 4.69) is 78.2 Å². The van der Waals surface area contributed by atoms with Crippen LogP contribution < -0.4 is 4.90 Å². The summed E-state index contributed by atoms with van der Waals surface area (Å²) in [6, 6.07) is 21.0. The van der Waals surface area contributed by atoms with Crippen LogP contribution in [0.15, 0.2) is 54.6 Å². The summed E-state index contributed by atoms with van der Waals surface area (Å²) in [5.41, 5.74) is 4.28. The summed E-state index contributed by atoms with van der Waals surface area (Å²) >= 11 is 0. The van der Waals surface area contributed by atoms with Crippen molar-refractivity contribution in [3.8, 4) is 0 Å². The van der Waals surface area contributed by atoms with Gasteiger partial charge in [-0.15, -0.1) is 0 Å². The van der Waals surface area contributed by atoms with Gasteiger partial charge in [0, 0.05) is 23.3 Å². The fraction of sp³-hybridized carbons (Fsp3) is 0.400. The van der Waals surface area contributed by atoms with E-state index in [-0.39, 0.29) is 0 Å². The minimum atomic E-state index is 0.550. The molecule has 0 spiro atoms. The van der Waals surface area contributed by atoms with Gasteiger partial charge in [0.05, 0.1) is 6.04 Å². The minimum absolute atomic E-state index is 0.550. The number of hydrogen-bond acceptors (Lipinski definition) is 2. The molecule has 0 N–H and O–H groups in total. The van der Waals surface area contributed by atoms with Gasteiger partial charge in [-0.1, -0.05) is 43.3 Å². The van der Waals surface area contributed by atoms with Gasteiger partial charge in [0.2, 0.25) is 0 Å². The summed E-state index contributed by atoms with van der Waals surface area (Å²) in [5.74, 6) is 0.661. The molecule has 1 unspecified atom stereocenters. The zero-order valence-corrected chi connectivity index (χ0v) is 13.4. The summed E-state index contributed by atoms with van der Waals surface area (Å²) in [5, 5.41) is 0. The van der Waals surface area contributed by atoms with Crippen molar-refractivity contribution in [1.29, 1.82) is 0 Å². The highest BCUT2D eigenvalue weighted by atomic mass is 15.3. The highest BCUT2D eigenvalue weighted by Gasteiger charge is 2.45. The number of benzene rings is 2. The molecule has 1 saturated heterocycles. The van der Waals surface area contributed by atoms with E-state index < -0.39 is 0 Å². The lowest BCUT2D eigenvalue weighted by molar-refractivity contribution is 0.138. The fourth-order valence-electron chi connectivity index (χ4n) is 4.49. The number of rotatable bonds is 2. The van der Waals surface area contributed by atoms with Crippen LogP contribution in [0, 0.1) is 0 Å². The Hall–Kier alpha value is -1.80. The molecule has 0 aromatic heterocycles. The lowest BCUT2D eigenvalue weighted by Gasteiger charge is -2.44. The molecule has 2 heteroatoms. The second kappa shape index (κ2) is 5.44. The Kier molecular flexibility index (Phi) is 3.42. The number of fused-ring (bicyclic) bond motifs is 3. The molecule has 2 aromatic rings. The molecule has 2 aliphatic rings. The Morgan fingerprint density at radius 3 is 2.50 bits per heavy atom. The summed E-state index contributed by atoms with van der Waals surface area (Å²) in [4.78, 5) is 5.22. The number of likely N-dealkylation sites (N-methyl/N-ethyl adjacent to an activating group) is 1. The zero-order valence-electron chi connectivity index (χ0n) is 13.4. The van der Waals surface area contributed by atoms with Gasteiger partial charge in [-0.25, -0.2) is 0 Å². The number of hydrogen-bond donors (Lipinski definition) is 0. The van der Waals surface area contributed by atoms with Gasteiger partial charge >= 0.3 is 0 Å². The molecule has 114 valence electrons. The lowest BCUT2D eigenvalue weighted by Crippen LogP contribution is -2.53. The van der Waals surface area contributed by atoms with E-state index in [1.54, 1.807) is 5.56 Å². The molecule has 0 saturated carbocycles. The van der Waals surface area contributed by atoms with Crippen LogP contribution in [0.4, 0.5) is 11.4 Å². The topological polar surface area (TPSA) is 6.48 Å². The van der Waals surface area contributed by atoms with Crippen LogP contribution in [0.5, 0.6) is 0 Å². The summed E-state index contributed by atoms with van der Waals surface area (Å²) in [6.45, 7) is 7.05. The first-order valence-electron chi connectivity index (χ1n) is 8.48. The van der Waals surface area contributed by atoms with Gasteiger partial charge < -0.3 is 4.90 Å². The summed E-state index contributed by atoms with van der Waals surface area (Å²) in [7, 11) is 0. The predicted octanol–water partition coefficient (Wildman–Crippen LogP) is 4.40.